The van der Waals surface area contributed by atoms with Gasteiger partial charge in [0.1, 0.15) is 5.75 Å². The van der Waals surface area contributed by atoms with E-state index in [-0.39, 0.29) is 22.9 Å². The van der Waals surface area contributed by atoms with E-state index in [1.807, 2.05) is 13.8 Å². The summed E-state index contributed by atoms with van der Waals surface area (Å²) >= 11 is 0. The summed E-state index contributed by atoms with van der Waals surface area (Å²) in [6, 6.07) is 11.8. The van der Waals surface area contributed by atoms with Crippen LogP contribution < -0.4 is 15.5 Å². The fourth-order valence-corrected chi connectivity index (χ4v) is 3.52. The average molecular weight is 429 g/mol. The minimum Gasteiger partial charge on any atom is -0.491 e. The SMILES string of the molecule is CCC(C)Oc1ccc(N2N=C(C)C(C(N)=O)(c3cccc(C(C)(F)F)c3)C2=O)cc1. The standard InChI is InChI=1S/C23H25F2N3O3/c1-5-14(2)31-19-11-9-18(10-12-19)28-21(30)23(20(26)29,15(3)27-28)17-8-6-7-16(13-17)22(4,24)25/h6-14H,5H2,1-4H3,(H2,26,29). The van der Waals surface area contributed by atoms with Gasteiger partial charge >= 0.3 is 0 Å². The number of nitrogens with zero attached hydrogens (tertiary/aromatic N) is 2. The highest BCUT2D eigenvalue weighted by molar-refractivity contribution is 6.35. The molecule has 1 aliphatic rings. The van der Waals surface area contributed by atoms with Gasteiger partial charge < -0.3 is 10.5 Å². The molecule has 0 saturated carbocycles. The number of alkyl halides is 2. The van der Waals surface area contributed by atoms with Crippen LogP contribution in [0.5, 0.6) is 5.75 Å². The second kappa shape index (κ2) is 8.09. The summed E-state index contributed by atoms with van der Waals surface area (Å²) in [6.45, 7) is 6.18. The monoisotopic (exact) mass is 429 g/mol. The van der Waals surface area contributed by atoms with Gasteiger partial charge in [-0.05, 0) is 56.2 Å². The number of rotatable bonds is 7. The summed E-state index contributed by atoms with van der Waals surface area (Å²) in [5.74, 6) is -4.21. The third kappa shape index (κ3) is 3.89. The predicted molar refractivity (Wildman–Crippen MR) is 114 cm³/mol. The molecule has 0 aromatic heterocycles. The first-order valence-electron chi connectivity index (χ1n) is 9.97. The molecule has 1 aliphatic heterocycles. The molecule has 2 amide bonds. The largest absolute Gasteiger partial charge is 0.491 e. The topological polar surface area (TPSA) is 85.0 Å². The quantitative estimate of drug-likeness (QED) is 0.672. The molecule has 0 fully saturated rings. The molecule has 0 radical (unpaired) electrons. The van der Waals surface area contributed by atoms with E-state index in [0.717, 1.165) is 24.4 Å². The third-order valence-corrected chi connectivity index (χ3v) is 5.47. The van der Waals surface area contributed by atoms with Crippen molar-refractivity contribution in [1.29, 1.82) is 0 Å². The number of hydrazone groups is 1. The fraction of sp³-hybridized carbons (Fsp3) is 0.348. The van der Waals surface area contributed by atoms with Crippen molar-refractivity contribution < 1.29 is 23.1 Å². The van der Waals surface area contributed by atoms with Gasteiger partial charge in [0.15, 0.2) is 5.41 Å². The van der Waals surface area contributed by atoms with Crippen LogP contribution in [0.4, 0.5) is 14.5 Å². The van der Waals surface area contributed by atoms with Gasteiger partial charge in [-0.15, -0.1) is 0 Å². The molecule has 164 valence electrons. The molecule has 0 bridgehead atoms. The number of anilines is 1. The van der Waals surface area contributed by atoms with E-state index in [9.17, 15) is 18.4 Å². The van der Waals surface area contributed by atoms with Gasteiger partial charge in [0.05, 0.1) is 17.5 Å². The van der Waals surface area contributed by atoms with Gasteiger partial charge in [-0.3, -0.25) is 9.59 Å². The molecule has 31 heavy (non-hydrogen) atoms. The van der Waals surface area contributed by atoms with E-state index in [1.165, 1.54) is 25.1 Å². The summed E-state index contributed by atoms with van der Waals surface area (Å²) < 4.78 is 33.5. The molecule has 3 rings (SSSR count). The van der Waals surface area contributed by atoms with Gasteiger partial charge in [0, 0.05) is 12.5 Å². The molecule has 6 nitrogen and oxygen atoms in total. The number of halogens is 2. The zero-order valence-electron chi connectivity index (χ0n) is 17.9. The first-order valence-corrected chi connectivity index (χ1v) is 9.97. The Balaban J connectivity index is 2.02. The lowest BCUT2D eigenvalue weighted by molar-refractivity contribution is -0.130. The van der Waals surface area contributed by atoms with Crippen LogP contribution >= 0.6 is 0 Å². The maximum Gasteiger partial charge on any atom is 0.273 e. The summed E-state index contributed by atoms with van der Waals surface area (Å²) in [7, 11) is 0. The van der Waals surface area contributed by atoms with E-state index in [0.29, 0.717) is 11.4 Å². The number of carbonyl (C=O) groups is 2. The second-order valence-corrected chi connectivity index (χ2v) is 7.72. The summed E-state index contributed by atoms with van der Waals surface area (Å²) in [5, 5.41) is 5.33. The molecule has 2 aromatic carbocycles. The van der Waals surface area contributed by atoms with Crippen LogP contribution in [0.25, 0.3) is 0 Å². The van der Waals surface area contributed by atoms with Gasteiger partial charge in [-0.2, -0.15) is 10.1 Å². The van der Waals surface area contributed by atoms with Crippen LogP contribution in [0.2, 0.25) is 0 Å². The van der Waals surface area contributed by atoms with Crippen molar-refractivity contribution in [3.63, 3.8) is 0 Å². The lowest BCUT2D eigenvalue weighted by Crippen LogP contribution is -2.53. The number of ether oxygens (including phenoxy) is 1. The van der Waals surface area contributed by atoms with Gasteiger partial charge in [0.2, 0.25) is 5.91 Å². The second-order valence-electron chi connectivity index (χ2n) is 7.72. The molecule has 8 heteroatoms. The molecule has 0 aliphatic carbocycles. The van der Waals surface area contributed by atoms with Crippen molar-refractivity contribution in [2.45, 2.75) is 51.6 Å². The van der Waals surface area contributed by atoms with Crippen LogP contribution in [-0.4, -0.2) is 23.6 Å². The number of hydrogen-bond acceptors (Lipinski definition) is 4. The Labute approximate surface area is 179 Å². The number of primary amides is 1. The Hall–Kier alpha value is -3.29. The Kier molecular flexibility index (Phi) is 5.85. The average Bonchev–Trinajstić information content (AvgIpc) is 2.99. The van der Waals surface area contributed by atoms with E-state index in [4.69, 9.17) is 10.5 Å². The maximum atomic E-state index is 13.9. The number of hydrogen-bond donors (Lipinski definition) is 1. The molecule has 2 atom stereocenters. The number of carbonyl (C=O) groups excluding carboxylic acids is 2. The van der Waals surface area contributed by atoms with Crippen molar-refractivity contribution >= 4 is 23.2 Å². The van der Waals surface area contributed by atoms with Crippen LogP contribution in [0.1, 0.15) is 45.2 Å². The van der Waals surface area contributed by atoms with Crippen LogP contribution in [-0.2, 0) is 20.9 Å². The fourth-order valence-electron chi connectivity index (χ4n) is 3.52. The van der Waals surface area contributed by atoms with E-state index in [2.05, 4.69) is 5.10 Å². The lowest BCUT2D eigenvalue weighted by atomic mass is 9.75. The Bertz CT molecular complexity index is 1030. The first kappa shape index (κ1) is 22.4. The first-order chi connectivity index (χ1) is 14.5. The summed E-state index contributed by atoms with van der Waals surface area (Å²) in [4.78, 5) is 26.0. The summed E-state index contributed by atoms with van der Waals surface area (Å²) in [5.41, 5.74) is 3.95. The third-order valence-electron chi connectivity index (χ3n) is 5.47. The zero-order chi connectivity index (χ0) is 23.0. The minimum atomic E-state index is -3.15. The summed E-state index contributed by atoms with van der Waals surface area (Å²) in [6.07, 6.45) is 0.873. The van der Waals surface area contributed by atoms with Crippen LogP contribution in [0.15, 0.2) is 53.6 Å². The number of nitrogens with two attached hydrogens (primary N) is 1. The normalized spacial score (nSPS) is 19.9. The van der Waals surface area contributed by atoms with Crippen LogP contribution in [0, 0.1) is 0 Å². The molecule has 2 aromatic rings. The highest BCUT2D eigenvalue weighted by Gasteiger charge is 2.56. The van der Waals surface area contributed by atoms with Gasteiger partial charge in [-0.25, -0.2) is 8.78 Å². The highest BCUT2D eigenvalue weighted by Crippen LogP contribution is 2.38. The maximum absolute atomic E-state index is 13.9. The Morgan fingerprint density at radius 2 is 1.90 bits per heavy atom. The smallest absolute Gasteiger partial charge is 0.273 e. The lowest BCUT2D eigenvalue weighted by Gasteiger charge is -2.26. The molecule has 0 saturated heterocycles. The van der Waals surface area contributed by atoms with Crippen molar-refractivity contribution in [2.24, 2.45) is 10.8 Å². The molecular weight excluding hydrogens is 404 g/mol. The Morgan fingerprint density at radius 3 is 2.45 bits per heavy atom. The Morgan fingerprint density at radius 1 is 1.26 bits per heavy atom. The number of amides is 2. The van der Waals surface area contributed by atoms with Crippen molar-refractivity contribution in [3.8, 4) is 5.75 Å². The number of benzene rings is 2. The van der Waals surface area contributed by atoms with Crippen LogP contribution in [0.3, 0.4) is 0 Å². The molecular formula is C23H25F2N3O3. The van der Waals surface area contributed by atoms with E-state index in [1.54, 1.807) is 24.3 Å². The molecule has 2 N–H and O–H groups in total. The minimum absolute atomic E-state index is 0.0333. The van der Waals surface area contributed by atoms with Gasteiger partial charge in [0.25, 0.3) is 11.8 Å². The van der Waals surface area contributed by atoms with Crippen molar-refractivity contribution in [1.82, 2.24) is 0 Å². The van der Waals surface area contributed by atoms with Gasteiger partial charge in [-0.1, -0.05) is 25.1 Å². The van der Waals surface area contributed by atoms with Crippen molar-refractivity contribution in [2.75, 3.05) is 5.01 Å². The molecule has 0 spiro atoms. The zero-order valence-corrected chi connectivity index (χ0v) is 17.9. The van der Waals surface area contributed by atoms with Crippen molar-refractivity contribution in [3.05, 3.63) is 59.7 Å². The van der Waals surface area contributed by atoms with E-state index < -0.39 is 23.2 Å². The molecule has 2 unspecified atom stereocenters. The molecule has 1 heterocycles. The van der Waals surface area contributed by atoms with E-state index >= 15 is 0 Å². The highest BCUT2D eigenvalue weighted by atomic mass is 19.3. The predicted octanol–water partition coefficient (Wildman–Crippen LogP) is 4.12.